The highest BCUT2D eigenvalue weighted by molar-refractivity contribution is 7.89. The van der Waals surface area contributed by atoms with Crippen molar-refractivity contribution in [2.45, 2.75) is 44.2 Å². The Morgan fingerprint density at radius 2 is 1.87 bits per heavy atom. The van der Waals surface area contributed by atoms with Gasteiger partial charge in [-0.05, 0) is 56.5 Å². The van der Waals surface area contributed by atoms with Crippen molar-refractivity contribution in [2.75, 3.05) is 13.1 Å². The Balaban J connectivity index is 1.52. The number of hydrogen-bond acceptors (Lipinski definition) is 3. The molecule has 0 spiro atoms. The lowest BCUT2D eigenvalue weighted by atomic mass is 10.1. The van der Waals surface area contributed by atoms with Crippen LogP contribution in [-0.4, -0.2) is 36.3 Å². The summed E-state index contributed by atoms with van der Waals surface area (Å²) in [6.07, 6.45) is 3.66. The number of amides is 1. The smallest absolute Gasteiger partial charge is 0.243 e. The zero-order valence-electron chi connectivity index (χ0n) is 17.3. The minimum atomic E-state index is -3.46. The number of nitrogens with one attached hydrogen (secondary N) is 1. The van der Waals surface area contributed by atoms with Crippen LogP contribution in [0.4, 0.5) is 0 Å². The van der Waals surface area contributed by atoms with Gasteiger partial charge in [0, 0.05) is 36.7 Å². The average Bonchev–Trinajstić information content (AvgIpc) is 3.41. The number of aromatic nitrogens is 1. The molecule has 0 bridgehead atoms. The van der Waals surface area contributed by atoms with Crippen molar-refractivity contribution in [3.8, 4) is 0 Å². The Kier molecular flexibility index (Phi) is 5.66. The lowest BCUT2D eigenvalue weighted by Crippen LogP contribution is -2.30. The minimum Gasteiger partial charge on any atom is -0.350 e. The molecule has 2 heterocycles. The fourth-order valence-corrected chi connectivity index (χ4v) is 5.56. The van der Waals surface area contributed by atoms with Crippen molar-refractivity contribution < 1.29 is 13.2 Å². The van der Waals surface area contributed by atoms with Crippen LogP contribution in [-0.2, 0) is 21.4 Å². The van der Waals surface area contributed by atoms with Crippen LogP contribution < -0.4 is 5.32 Å². The Morgan fingerprint density at radius 1 is 1.10 bits per heavy atom. The molecule has 1 atom stereocenters. The van der Waals surface area contributed by atoms with E-state index in [-0.39, 0.29) is 5.91 Å². The van der Waals surface area contributed by atoms with E-state index >= 15 is 0 Å². The van der Waals surface area contributed by atoms with Gasteiger partial charge >= 0.3 is 0 Å². The van der Waals surface area contributed by atoms with Gasteiger partial charge in [0.15, 0.2) is 0 Å². The van der Waals surface area contributed by atoms with E-state index in [1.807, 2.05) is 48.9 Å². The Labute approximate surface area is 177 Å². The van der Waals surface area contributed by atoms with E-state index in [1.54, 1.807) is 22.5 Å². The normalized spacial score (nSPS) is 16.1. The molecule has 1 aliphatic rings. The van der Waals surface area contributed by atoms with Crippen LogP contribution in [0.3, 0.4) is 0 Å². The topological polar surface area (TPSA) is 71.4 Å². The molecule has 1 aliphatic heterocycles. The van der Waals surface area contributed by atoms with E-state index < -0.39 is 16.1 Å². The molecule has 3 aromatic rings. The molecule has 0 saturated carbocycles. The maximum Gasteiger partial charge on any atom is 0.243 e. The molecule has 0 radical (unpaired) electrons. The van der Waals surface area contributed by atoms with E-state index in [0.717, 1.165) is 34.9 Å². The summed E-state index contributed by atoms with van der Waals surface area (Å²) < 4.78 is 29.1. The first-order valence-corrected chi connectivity index (χ1v) is 11.7. The summed E-state index contributed by atoms with van der Waals surface area (Å²) in [6, 6.07) is 14.6. The van der Waals surface area contributed by atoms with Gasteiger partial charge in [0.05, 0.1) is 4.90 Å². The predicted octanol–water partition coefficient (Wildman–Crippen LogP) is 3.61. The monoisotopic (exact) mass is 425 g/mol. The Bertz CT molecular complexity index is 1180. The van der Waals surface area contributed by atoms with Gasteiger partial charge < -0.3 is 9.88 Å². The standard InChI is InChI=1S/C23H27N3O3S/c1-17-6-5-7-19(14-17)16-24-23(27)18(2)26-13-10-20-15-21(8-9-22(20)26)30(28,29)25-11-3-4-12-25/h5-10,13-15,18H,3-4,11-12,16H2,1-2H3,(H,24,27)/t18-/m1/s1. The lowest BCUT2D eigenvalue weighted by Gasteiger charge is -2.17. The van der Waals surface area contributed by atoms with Gasteiger partial charge in [0.1, 0.15) is 6.04 Å². The van der Waals surface area contributed by atoms with E-state index in [2.05, 4.69) is 11.4 Å². The zero-order valence-corrected chi connectivity index (χ0v) is 18.2. The molecular weight excluding hydrogens is 398 g/mol. The second-order valence-corrected chi connectivity index (χ2v) is 9.88. The van der Waals surface area contributed by atoms with Gasteiger partial charge in [-0.25, -0.2) is 8.42 Å². The van der Waals surface area contributed by atoms with Gasteiger partial charge in [0.2, 0.25) is 15.9 Å². The van der Waals surface area contributed by atoms with Crippen LogP contribution >= 0.6 is 0 Å². The third-order valence-corrected chi connectivity index (χ3v) is 7.64. The number of carbonyl (C=O) groups excluding carboxylic acids is 1. The first-order valence-electron chi connectivity index (χ1n) is 10.3. The van der Waals surface area contributed by atoms with Crippen molar-refractivity contribution in [3.63, 3.8) is 0 Å². The van der Waals surface area contributed by atoms with Crippen LogP contribution in [0.15, 0.2) is 59.6 Å². The summed E-state index contributed by atoms with van der Waals surface area (Å²) in [5, 5.41) is 3.80. The van der Waals surface area contributed by atoms with Crippen LogP contribution in [0, 0.1) is 6.92 Å². The maximum absolute atomic E-state index is 12.8. The molecule has 2 aromatic carbocycles. The van der Waals surface area contributed by atoms with Gasteiger partial charge in [0.25, 0.3) is 0 Å². The van der Waals surface area contributed by atoms with Gasteiger partial charge in [-0.1, -0.05) is 29.8 Å². The van der Waals surface area contributed by atoms with Crippen LogP contribution in [0.25, 0.3) is 10.9 Å². The predicted molar refractivity (Wildman–Crippen MR) is 118 cm³/mol. The highest BCUT2D eigenvalue weighted by Gasteiger charge is 2.27. The number of benzene rings is 2. The zero-order chi connectivity index (χ0) is 21.3. The van der Waals surface area contributed by atoms with E-state index in [9.17, 15) is 13.2 Å². The number of rotatable bonds is 6. The highest BCUT2D eigenvalue weighted by atomic mass is 32.2. The maximum atomic E-state index is 12.8. The number of nitrogens with zero attached hydrogens (tertiary/aromatic N) is 2. The molecule has 4 rings (SSSR count). The molecule has 6 nitrogen and oxygen atoms in total. The van der Waals surface area contributed by atoms with Crippen molar-refractivity contribution in [2.24, 2.45) is 0 Å². The molecule has 1 fully saturated rings. The second kappa shape index (κ2) is 8.24. The molecule has 7 heteroatoms. The number of hydrogen-bond donors (Lipinski definition) is 1. The average molecular weight is 426 g/mol. The van der Waals surface area contributed by atoms with Gasteiger partial charge in [-0.3, -0.25) is 4.79 Å². The van der Waals surface area contributed by atoms with Crippen LogP contribution in [0.5, 0.6) is 0 Å². The fraction of sp³-hybridized carbons (Fsp3) is 0.348. The quantitative estimate of drug-likeness (QED) is 0.656. The van der Waals surface area contributed by atoms with Crippen LogP contribution in [0.1, 0.15) is 36.9 Å². The number of aryl methyl sites for hydroxylation is 1. The lowest BCUT2D eigenvalue weighted by molar-refractivity contribution is -0.123. The largest absolute Gasteiger partial charge is 0.350 e. The molecule has 1 amide bonds. The third-order valence-electron chi connectivity index (χ3n) is 5.74. The number of carbonyl (C=O) groups is 1. The molecule has 30 heavy (non-hydrogen) atoms. The molecule has 158 valence electrons. The first kappa shape index (κ1) is 20.6. The second-order valence-electron chi connectivity index (χ2n) is 7.94. The summed E-state index contributed by atoms with van der Waals surface area (Å²) in [5.74, 6) is -0.0808. The summed E-state index contributed by atoms with van der Waals surface area (Å²) in [4.78, 5) is 13.0. The van der Waals surface area contributed by atoms with E-state index in [0.29, 0.717) is 24.5 Å². The fourth-order valence-electron chi connectivity index (χ4n) is 4.00. The van der Waals surface area contributed by atoms with Crippen molar-refractivity contribution in [1.82, 2.24) is 14.2 Å². The number of fused-ring (bicyclic) bond motifs is 1. The van der Waals surface area contributed by atoms with E-state index in [4.69, 9.17) is 0 Å². The number of sulfonamides is 1. The van der Waals surface area contributed by atoms with Crippen LogP contribution in [0.2, 0.25) is 0 Å². The minimum absolute atomic E-state index is 0.0808. The first-order chi connectivity index (χ1) is 14.4. The summed E-state index contributed by atoms with van der Waals surface area (Å²) >= 11 is 0. The third kappa shape index (κ3) is 4.00. The molecule has 1 N–H and O–H groups in total. The van der Waals surface area contributed by atoms with Crippen molar-refractivity contribution in [1.29, 1.82) is 0 Å². The Morgan fingerprint density at radius 3 is 2.60 bits per heavy atom. The molecule has 1 aromatic heterocycles. The Hall–Kier alpha value is -2.64. The molecule has 0 unspecified atom stereocenters. The summed E-state index contributed by atoms with van der Waals surface area (Å²) in [7, 11) is -3.46. The molecule has 1 saturated heterocycles. The van der Waals surface area contributed by atoms with E-state index in [1.165, 1.54) is 0 Å². The SMILES string of the molecule is Cc1cccc(CNC(=O)[C@@H](C)n2ccc3cc(S(=O)(=O)N4CCCC4)ccc32)c1. The molecule has 0 aliphatic carbocycles. The molecular formula is C23H27N3O3S. The summed E-state index contributed by atoms with van der Waals surface area (Å²) in [5.41, 5.74) is 3.06. The van der Waals surface area contributed by atoms with Gasteiger partial charge in [-0.15, -0.1) is 0 Å². The van der Waals surface area contributed by atoms with Gasteiger partial charge in [-0.2, -0.15) is 4.31 Å². The summed E-state index contributed by atoms with van der Waals surface area (Å²) in [6.45, 7) is 5.51. The highest BCUT2D eigenvalue weighted by Crippen LogP contribution is 2.27. The van der Waals surface area contributed by atoms with Crippen molar-refractivity contribution >= 4 is 26.8 Å². The van der Waals surface area contributed by atoms with Crippen molar-refractivity contribution in [3.05, 3.63) is 65.9 Å².